The van der Waals surface area contributed by atoms with E-state index in [1.807, 2.05) is 0 Å². The first kappa shape index (κ1) is 11.9. The molecule has 0 saturated carbocycles. The van der Waals surface area contributed by atoms with Crippen molar-refractivity contribution in [1.29, 1.82) is 0 Å². The van der Waals surface area contributed by atoms with E-state index in [1.54, 1.807) is 12.1 Å². The van der Waals surface area contributed by atoms with Crippen molar-refractivity contribution in [3.05, 3.63) is 28.6 Å². The summed E-state index contributed by atoms with van der Waals surface area (Å²) in [6, 6.07) is 3.40. The number of carbonyl (C=O) groups excluding carboxylic acids is 2. The fourth-order valence-electron chi connectivity index (χ4n) is 1.33. The molecule has 1 aromatic rings. The second-order valence-corrected chi connectivity index (χ2v) is 4.14. The molecule has 2 rings (SSSR count). The van der Waals surface area contributed by atoms with Crippen LogP contribution in [0.3, 0.4) is 0 Å². The normalized spacial score (nSPS) is 19.6. The van der Waals surface area contributed by atoms with Crippen molar-refractivity contribution in [1.82, 2.24) is 0 Å². The van der Waals surface area contributed by atoms with E-state index in [4.69, 9.17) is 9.15 Å². The van der Waals surface area contributed by atoms with Gasteiger partial charge in [-0.05, 0) is 34.1 Å². The summed E-state index contributed by atoms with van der Waals surface area (Å²) in [6.45, 7) is 0.297. The number of rotatable bonds is 3. The van der Waals surface area contributed by atoms with E-state index in [-0.39, 0.29) is 0 Å². The molecule has 0 aromatic carbocycles. The summed E-state index contributed by atoms with van der Waals surface area (Å²) in [6.07, 6.45) is 2.30. The van der Waals surface area contributed by atoms with E-state index in [1.165, 1.54) is 12.2 Å². The summed E-state index contributed by atoms with van der Waals surface area (Å²) in [5.41, 5.74) is 0. The molecule has 2 heterocycles. The third-order valence-corrected chi connectivity index (χ3v) is 2.55. The summed E-state index contributed by atoms with van der Waals surface area (Å²) in [5.74, 6) is -0.573. The average Bonchev–Trinajstić information content (AvgIpc) is 2.86. The van der Waals surface area contributed by atoms with Crippen LogP contribution in [0.4, 0.5) is 0 Å². The van der Waals surface area contributed by atoms with Crippen molar-refractivity contribution >= 4 is 33.9 Å². The van der Waals surface area contributed by atoms with Gasteiger partial charge in [-0.3, -0.25) is 0 Å². The highest BCUT2D eigenvalue weighted by Gasteiger charge is 2.29. The third-order valence-electron chi connectivity index (χ3n) is 2.12. The number of esters is 2. The smallest absolute Gasteiger partial charge is 0.347 e. The number of furan rings is 1. The standard InChI is InChI=1S/C11H9BrO5/c12-9-3-1-7(16-9)2-4-10(13)17-8-5-6-15-11(8)14/h1-4,8H,5-6H2/b4-2+/t8-/m1/s1. The molecule has 0 radical (unpaired) electrons. The molecule has 0 aliphatic carbocycles. The Morgan fingerprint density at radius 3 is 2.94 bits per heavy atom. The van der Waals surface area contributed by atoms with Gasteiger partial charge in [0.2, 0.25) is 6.10 Å². The molecule has 1 aliphatic rings. The maximum Gasteiger partial charge on any atom is 0.347 e. The van der Waals surface area contributed by atoms with Crippen LogP contribution in [0.5, 0.6) is 0 Å². The predicted octanol–water partition coefficient (Wildman–Crippen LogP) is 1.91. The second-order valence-electron chi connectivity index (χ2n) is 3.36. The molecule has 0 spiro atoms. The zero-order valence-corrected chi connectivity index (χ0v) is 10.3. The van der Waals surface area contributed by atoms with E-state index in [9.17, 15) is 9.59 Å². The molecule has 0 unspecified atom stereocenters. The van der Waals surface area contributed by atoms with Crippen LogP contribution in [0.1, 0.15) is 12.2 Å². The Balaban J connectivity index is 1.88. The van der Waals surface area contributed by atoms with E-state index in [0.717, 1.165) is 0 Å². The highest BCUT2D eigenvalue weighted by molar-refractivity contribution is 9.10. The van der Waals surface area contributed by atoms with Gasteiger partial charge in [0.05, 0.1) is 6.61 Å². The molecule has 17 heavy (non-hydrogen) atoms. The zero-order chi connectivity index (χ0) is 12.3. The van der Waals surface area contributed by atoms with Gasteiger partial charge in [-0.2, -0.15) is 0 Å². The van der Waals surface area contributed by atoms with Crippen molar-refractivity contribution in [2.45, 2.75) is 12.5 Å². The second kappa shape index (κ2) is 5.18. The van der Waals surface area contributed by atoms with Crippen LogP contribution in [0.25, 0.3) is 6.08 Å². The molecule has 1 saturated heterocycles. The molecule has 0 N–H and O–H groups in total. The Labute approximate surface area is 106 Å². The molecular formula is C11H9BrO5. The molecule has 1 aromatic heterocycles. The Morgan fingerprint density at radius 2 is 2.35 bits per heavy atom. The lowest BCUT2D eigenvalue weighted by molar-refractivity contribution is -0.156. The van der Waals surface area contributed by atoms with Crippen molar-refractivity contribution < 1.29 is 23.5 Å². The number of hydrogen-bond acceptors (Lipinski definition) is 5. The van der Waals surface area contributed by atoms with E-state index in [2.05, 4.69) is 20.7 Å². The number of ether oxygens (including phenoxy) is 2. The topological polar surface area (TPSA) is 65.7 Å². The highest BCUT2D eigenvalue weighted by atomic mass is 79.9. The maximum absolute atomic E-state index is 11.4. The molecule has 0 amide bonds. The first-order valence-electron chi connectivity index (χ1n) is 4.96. The third kappa shape index (κ3) is 3.20. The van der Waals surface area contributed by atoms with Crippen molar-refractivity contribution in [3.8, 4) is 0 Å². The van der Waals surface area contributed by atoms with Gasteiger partial charge in [-0.25, -0.2) is 9.59 Å². The average molecular weight is 301 g/mol. The molecule has 0 bridgehead atoms. The lowest BCUT2D eigenvalue weighted by atomic mass is 10.3. The van der Waals surface area contributed by atoms with E-state index in [0.29, 0.717) is 23.5 Å². The van der Waals surface area contributed by atoms with Crippen LogP contribution in [0, 0.1) is 0 Å². The van der Waals surface area contributed by atoms with Gasteiger partial charge in [-0.15, -0.1) is 0 Å². The minimum atomic E-state index is -0.782. The molecule has 5 nitrogen and oxygen atoms in total. The monoisotopic (exact) mass is 300 g/mol. The summed E-state index contributed by atoms with van der Waals surface area (Å²) < 4.78 is 15.3. The maximum atomic E-state index is 11.4. The number of carbonyl (C=O) groups is 2. The van der Waals surface area contributed by atoms with Crippen LogP contribution in [0.15, 0.2) is 27.3 Å². The van der Waals surface area contributed by atoms with Gasteiger partial charge in [0.1, 0.15) is 5.76 Å². The lowest BCUT2D eigenvalue weighted by Gasteiger charge is -2.04. The quantitative estimate of drug-likeness (QED) is 0.630. The Bertz CT molecular complexity index is 462. The molecule has 90 valence electrons. The Hall–Kier alpha value is -1.56. The van der Waals surface area contributed by atoms with Gasteiger partial charge in [0, 0.05) is 12.5 Å². The molecular weight excluding hydrogens is 292 g/mol. The fraction of sp³-hybridized carbons (Fsp3) is 0.273. The lowest BCUT2D eigenvalue weighted by Crippen LogP contribution is -2.21. The first-order valence-corrected chi connectivity index (χ1v) is 5.75. The summed E-state index contributed by atoms with van der Waals surface area (Å²) in [4.78, 5) is 22.4. The Morgan fingerprint density at radius 1 is 1.53 bits per heavy atom. The first-order chi connectivity index (χ1) is 8.15. The van der Waals surface area contributed by atoms with Crippen LogP contribution in [-0.4, -0.2) is 24.6 Å². The number of cyclic esters (lactones) is 1. The molecule has 1 aliphatic heterocycles. The highest BCUT2D eigenvalue weighted by Crippen LogP contribution is 2.15. The van der Waals surface area contributed by atoms with Gasteiger partial charge in [0.15, 0.2) is 4.67 Å². The van der Waals surface area contributed by atoms with Crippen LogP contribution in [-0.2, 0) is 19.1 Å². The fourth-order valence-corrected chi connectivity index (χ4v) is 1.65. The summed E-state index contributed by atoms with van der Waals surface area (Å²) in [7, 11) is 0. The van der Waals surface area contributed by atoms with Crippen LogP contribution in [0.2, 0.25) is 0 Å². The van der Waals surface area contributed by atoms with Gasteiger partial charge >= 0.3 is 11.9 Å². The van der Waals surface area contributed by atoms with Gasteiger partial charge < -0.3 is 13.9 Å². The van der Waals surface area contributed by atoms with E-state index >= 15 is 0 Å². The molecule has 1 atom stereocenters. The van der Waals surface area contributed by atoms with Crippen molar-refractivity contribution in [2.24, 2.45) is 0 Å². The summed E-state index contributed by atoms with van der Waals surface area (Å²) >= 11 is 3.14. The zero-order valence-electron chi connectivity index (χ0n) is 8.72. The van der Waals surface area contributed by atoms with Crippen LogP contribution >= 0.6 is 15.9 Å². The van der Waals surface area contributed by atoms with Crippen molar-refractivity contribution in [2.75, 3.05) is 6.61 Å². The van der Waals surface area contributed by atoms with E-state index < -0.39 is 18.0 Å². The van der Waals surface area contributed by atoms with Crippen molar-refractivity contribution in [3.63, 3.8) is 0 Å². The number of hydrogen-bond donors (Lipinski definition) is 0. The predicted molar refractivity (Wildman–Crippen MR) is 60.9 cm³/mol. The Kier molecular flexibility index (Phi) is 3.63. The largest absolute Gasteiger partial charge is 0.463 e. The van der Waals surface area contributed by atoms with Crippen LogP contribution < -0.4 is 0 Å². The molecule has 1 fully saturated rings. The minimum absolute atomic E-state index is 0.297. The summed E-state index contributed by atoms with van der Waals surface area (Å²) in [5, 5.41) is 0. The molecule has 6 heteroatoms. The SMILES string of the molecule is O=C(/C=C/c1ccc(Br)o1)O[C@@H]1CCOC1=O. The van der Waals surface area contributed by atoms with Gasteiger partial charge in [-0.1, -0.05) is 0 Å². The number of halogens is 1. The van der Waals surface area contributed by atoms with Gasteiger partial charge in [0.25, 0.3) is 0 Å². The minimum Gasteiger partial charge on any atom is -0.463 e.